The van der Waals surface area contributed by atoms with E-state index < -0.39 is 0 Å². The fraction of sp³-hybridized carbons (Fsp3) is 0.429. The zero-order chi connectivity index (χ0) is 13.8. The van der Waals surface area contributed by atoms with Crippen molar-refractivity contribution in [2.45, 2.75) is 39.7 Å². The maximum absolute atomic E-state index is 11.8. The number of fused-ring (bicyclic) bond motifs is 1. The van der Waals surface area contributed by atoms with Crippen LogP contribution in [0, 0.1) is 0 Å². The third-order valence-corrected chi connectivity index (χ3v) is 4.62. The number of aromatic nitrogens is 1. The van der Waals surface area contributed by atoms with E-state index in [9.17, 15) is 4.79 Å². The maximum Gasteiger partial charge on any atom is 0.248 e. The minimum Gasteiger partial charge on any atom is -0.316 e. The first-order valence-corrected chi connectivity index (χ1v) is 8.13. The van der Waals surface area contributed by atoms with Crippen LogP contribution < -0.4 is 4.80 Å². The van der Waals surface area contributed by atoms with Crippen LogP contribution in [0.2, 0.25) is 0 Å². The Labute approximate surface area is 125 Å². The standard InChI is InChI=1S/C14H17BrN2OS/c1-3-5-9-12(18)16-14-17(4-2)13-10(15)7-6-8-11(13)19-14/h6-8H,3-5,9H2,1-2H3. The second-order valence-electron chi connectivity index (χ2n) is 4.32. The number of nitrogens with zero attached hydrogens (tertiary/aromatic N) is 2. The van der Waals surface area contributed by atoms with E-state index in [0.29, 0.717) is 6.42 Å². The molecule has 0 spiro atoms. The normalized spacial score (nSPS) is 12.3. The van der Waals surface area contributed by atoms with Gasteiger partial charge in [-0.2, -0.15) is 4.99 Å². The molecule has 0 radical (unpaired) electrons. The molecule has 0 atom stereocenters. The van der Waals surface area contributed by atoms with Gasteiger partial charge in [-0.1, -0.05) is 30.7 Å². The summed E-state index contributed by atoms with van der Waals surface area (Å²) in [6, 6.07) is 6.09. The average Bonchev–Trinajstić information content (AvgIpc) is 2.75. The number of thiazole rings is 1. The van der Waals surface area contributed by atoms with Crippen molar-refractivity contribution in [2.75, 3.05) is 0 Å². The molecular formula is C14H17BrN2OS. The van der Waals surface area contributed by atoms with Crippen molar-refractivity contribution in [1.82, 2.24) is 4.57 Å². The van der Waals surface area contributed by atoms with Gasteiger partial charge in [0.2, 0.25) is 5.91 Å². The van der Waals surface area contributed by atoms with Crippen LogP contribution in [0.1, 0.15) is 33.1 Å². The summed E-state index contributed by atoms with van der Waals surface area (Å²) < 4.78 is 4.29. The first-order valence-electron chi connectivity index (χ1n) is 6.52. The fourth-order valence-electron chi connectivity index (χ4n) is 1.96. The summed E-state index contributed by atoms with van der Waals surface area (Å²) >= 11 is 5.14. The van der Waals surface area contributed by atoms with E-state index in [-0.39, 0.29) is 5.91 Å². The summed E-state index contributed by atoms with van der Waals surface area (Å²) in [4.78, 5) is 16.9. The van der Waals surface area contributed by atoms with Crippen LogP contribution >= 0.6 is 27.3 Å². The van der Waals surface area contributed by atoms with E-state index in [1.807, 2.05) is 12.1 Å². The van der Waals surface area contributed by atoms with Gasteiger partial charge in [-0.3, -0.25) is 4.79 Å². The van der Waals surface area contributed by atoms with E-state index >= 15 is 0 Å². The first-order chi connectivity index (χ1) is 9.17. The number of halogens is 1. The molecule has 19 heavy (non-hydrogen) atoms. The lowest BCUT2D eigenvalue weighted by atomic mass is 10.2. The van der Waals surface area contributed by atoms with Gasteiger partial charge in [-0.15, -0.1) is 0 Å². The summed E-state index contributed by atoms with van der Waals surface area (Å²) in [6.07, 6.45) is 2.46. The van der Waals surface area contributed by atoms with Gasteiger partial charge in [0.05, 0.1) is 10.2 Å². The van der Waals surface area contributed by atoms with Crippen LogP contribution in [0.5, 0.6) is 0 Å². The number of hydrogen-bond donors (Lipinski definition) is 0. The zero-order valence-electron chi connectivity index (χ0n) is 11.1. The van der Waals surface area contributed by atoms with Gasteiger partial charge in [0, 0.05) is 17.4 Å². The monoisotopic (exact) mass is 340 g/mol. The van der Waals surface area contributed by atoms with Crippen LogP contribution in [0.25, 0.3) is 10.2 Å². The van der Waals surface area contributed by atoms with Crippen molar-refractivity contribution in [3.05, 3.63) is 27.5 Å². The largest absolute Gasteiger partial charge is 0.316 e. The summed E-state index contributed by atoms with van der Waals surface area (Å²) in [6.45, 7) is 4.96. The van der Waals surface area contributed by atoms with Crippen LogP contribution in [0.4, 0.5) is 0 Å². The van der Waals surface area contributed by atoms with Gasteiger partial charge in [0.25, 0.3) is 0 Å². The summed E-state index contributed by atoms with van der Waals surface area (Å²) in [5.41, 5.74) is 1.12. The lowest BCUT2D eigenvalue weighted by Gasteiger charge is -2.01. The Morgan fingerprint density at radius 1 is 1.42 bits per heavy atom. The molecule has 0 saturated heterocycles. The molecule has 3 nitrogen and oxygen atoms in total. The number of benzene rings is 1. The number of aryl methyl sites for hydroxylation is 1. The van der Waals surface area contributed by atoms with Gasteiger partial charge >= 0.3 is 0 Å². The van der Waals surface area contributed by atoms with Crippen LogP contribution in [-0.2, 0) is 11.3 Å². The Morgan fingerprint density at radius 2 is 2.21 bits per heavy atom. The zero-order valence-corrected chi connectivity index (χ0v) is 13.6. The molecule has 1 aromatic carbocycles. The molecule has 2 rings (SSSR count). The quantitative estimate of drug-likeness (QED) is 0.824. The summed E-state index contributed by atoms with van der Waals surface area (Å²) in [5, 5.41) is 0. The van der Waals surface area contributed by atoms with Gasteiger partial charge in [-0.25, -0.2) is 0 Å². The Hall–Kier alpha value is -0.940. The molecule has 0 fully saturated rings. The van der Waals surface area contributed by atoms with Crippen molar-refractivity contribution in [3.63, 3.8) is 0 Å². The Morgan fingerprint density at radius 3 is 2.89 bits per heavy atom. The number of carbonyl (C=O) groups excluding carboxylic acids is 1. The third kappa shape index (κ3) is 3.15. The third-order valence-electron chi connectivity index (χ3n) is 2.93. The topological polar surface area (TPSA) is 34.4 Å². The lowest BCUT2D eigenvalue weighted by Crippen LogP contribution is -2.15. The molecule has 0 aliphatic carbocycles. The molecule has 102 valence electrons. The molecule has 1 amide bonds. The average molecular weight is 341 g/mol. The maximum atomic E-state index is 11.8. The van der Waals surface area contributed by atoms with Crippen LogP contribution in [0.15, 0.2) is 27.7 Å². The predicted octanol–water partition coefficient (Wildman–Crippen LogP) is 4.10. The van der Waals surface area contributed by atoms with E-state index in [1.54, 1.807) is 11.3 Å². The van der Waals surface area contributed by atoms with E-state index in [0.717, 1.165) is 38.9 Å². The first kappa shape index (κ1) is 14.5. The van der Waals surface area contributed by atoms with Gasteiger partial charge in [-0.05, 0) is 41.4 Å². The highest BCUT2D eigenvalue weighted by atomic mass is 79.9. The molecule has 5 heteroatoms. The van der Waals surface area contributed by atoms with E-state index in [1.165, 1.54) is 0 Å². The molecule has 0 aliphatic rings. The fourth-order valence-corrected chi connectivity index (χ4v) is 3.81. The van der Waals surface area contributed by atoms with Crippen molar-refractivity contribution in [2.24, 2.45) is 4.99 Å². The van der Waals surface area contributed by atoms with Crippen molar-refractivity contribution < 1.29 is 4.79 Å². The minimum atomic E-state index is -0.0215. The van der Waals surface area contributed by atoms with Crippen LogP contribution in [0.3, 0.4) is 0 Å². The van der Waals surface area contributed by atoms with Gasteiger partial charge in [0.1, 0.15) is 0 Å². The summed E-state index contributed by atoms with van der Waals surface area (Å²) in [5.74, 6) is -0.0215. The smallest absolute Gasteiger partial charge is 0.248 e. The van der Waals surface area contributed by atoms with Crippen molar-refractivity contribution >= 4 is 43.4 Å². The predicted molar refractivity (Wildman–Crippen MR) is 83.3 cm³/mol. The number of carbonyl (C=O) groups is 1. The SMILES string of the molecule is CCCCC(=O)N=c1sc2cccc(Br)c2n1CC. The number of rotatable bonds is 4. The molecule has 0 N–H and O–H groups in total. The van der Waals surface area contributed by atoms with Crippen molar-refractivity contribution in [3.8, 4) is 0 Å². The molecule has 0 bridgehead atoms. The molecule has 0 aliphatic heterocycles. The molecule has 0 unspecified atom stereocenters. The molecule has 1 aromatic heterocycles. The minimum absolute atomic E-state index is 0.0215. The molecule has 0 saturated carbocycles. The number of unbranched alkanes of at least 4 members (excludes halogenated alkanes) is 1. The lowest BCUT2D eigenvalue weighted by molar-refractivity contribution is -0.118. The molecular weight excluding hydrogens is 324 g/mol. The Bertz CT molecular complexity index is 657. The Kier molecular flexibility index (Phi) is 4.93. The van der Waals surface area contributed by atoms with E-state index in [2.05, 4.69) is 45.4 Å². The second-order valence-corrected chi connectivity index (χ2v) is 6.19. The number of amides is 1. The highest BCUT2D eigenvalue weighted by Gasteiger charge is 2.09. The van der Waals surface area contributed by atoms with Gasteiger partial charge in [0.15, 0.2) is 4.80 Å². The van der Waals surface area contributed by atoms with Crippen molar-refractivity contribution in [1.29, 1.82) is 0 Å². The number of para-hydroxylation sites is 1. The van der Waals surface area contributed by atoms with Gasteiger partial charge < -0.3 is 4.57 Å². The highest BCUT2D eigenvalue weighted by Crippen LogP contribution is 2.25. The molecule has 2 aromatic rings. The number of hydrogen-bond acceptors (Lipinski definition) is 2. The highest BCUT2D eigenvalue weighted by molar-refractivity contribution is 9.10. The summed E-state index contributed by atoms with van der Waals surface area (Å²) in [7, 11) is 0. The molecule has 1 heterocycles. The van der Waals surface area contributed by atoms with Crippen LogP contribution in [-0.4, -0.2) is 10.5 Å². The van der Waals surface area contributed by atoms with E-state index in [4.69, 9.17) is 0 Å². The Balaban J connectivity index is 2.52. The second kappa shape index (κ2) is 6.48.